The molecule has 0 aliphatic rings. The van der Waals surface area contributed by atoms with E-state index in [0.29, 0.717) is 12.2 Å². The predicted octanol–water partition coefficient (Wildman–Crippen LogP) is 2.99. The van der Waals surface area contributed by atoms with Crippen molar-refractivity contribution >= 4 is 21.9 Å². The summed E-state index contributed by atoms with van der Waals surface area (Å²) in [6, 6.07) is 5.79. The summed E-state index contributed by atoms with van der Waals surface area (Å²) < 4.78 is 5.68. The Balaban J connectivity index is 3.01. The van der Waals surface area contributed by atoms with Crippen molar-refractivity contribution in [3.63, 3.8) is 0 Å². The van der Waals surface area contributed by atoms with Crippen LogP contribution in [0, 0.1) is 11.3 Å². The Kier molecular flexibility index (Phi) is 5.17. The van der Waals surface area contributed by atoms with Gasteiger partial charge >= 0.3 is 5.97 Å². The van der Waals surface area contributed by atoms with Gasteiger partial charge in [-0.1, -0.05) is 28.9 Å². The lowest BCUT2D eigenvalue weighted by molar-refractivity contribution is -0.142. The molecule has 90 valence electrons. The lowest BCUT2D eigenvalue weighted by Crippen LogP contribution is -2.08. The first-order chi connectivity index (χ1) is 8.12. The van der Waals surface area contributed by atoms with Crippen molar-refractivity contribution in [1.29, 1.82) is 5.26 Å². The molecule has 1 aromatic carbocycles. The first kappa shape index (κ1) is 13.7. The molecule has 1 rings (SSSR count). The van der Waals surface area contributed by atoms with E-state index in [1.54, 1.807) is 13.0 Å². The molecule has 0 amide bonds. The van der Waals surface area contributed by atoms with Gasteiger partial charge < -0.3 is 4.74 Å². The van der Waals surface area contributed by atoms with Gasteiger partial charge in [0.2, 0.25) is 0 Å². The quantitative estimate of drug-likeness (QED) is 0.803. The van der Waals surface area contributed by atoms with Crippen molar-refractivity contribution in [3.05, 3.63) is 33.3 Å². The second-order valence-electron chi connectivity index (χ2n) is 3.55. The van der Waals surface area contributed by atoms with Gasteiger partial charge in [-0.25, -0.2) is 0 Å². The molecule has 3 nitrogen and oxygen atoms in total. The molecule has 0 N–H and O–H groups in total. The van der Waals surface area contributed by atoms with Gasteiger partial charge in [0.15, 0.2) is 0 Å². The van der Waals surface area contributed by atoms with Crippen LogP contribution in [0.15, 0.2) is 16.6 Å². The van der Waals surface area contributed by atoms with Gasteiger partial charge in [-0.05, 0) is 30.5 Å². The van der Waals surface area contributed by atoms with E-state index in [4.69, 9.17) is 10.00 Å². The maximum absolute atomic E-state index is 11.4. The fourth-order valence-electron chi connectivity index (χ4n) is 1.57. The van der Waals surface area contributed by atoms with Gasteiger partial charge in [0.25, 0.3) is 0 Å². The third kappa shape index (κ3) is 3.57. The van der Waals surface area contributed by atoms with Crippen molar-refractivity contribution in [2.45, 2.75) is 26.7 Å². The normalized spacial score (nSPS) is 9.76. The highest BCUT2D eigenvalue weighted by Gasteiger charge is 2.11. The molecule has 17 heavy (non-hydrogen) atoms. The largest absolute Gasteiger partial charge is 0.466 e. The van der Waals surface area contributed by atoms with E-state index in [1.165, 1.54) is 0 Å². The summed E-state index contributed by atoms with van der Waals surface area (Å²) in [5.41, 5.74) is 2.46. The number of hydrogen-bond acceptors (Lipinski definition) is 3. The Bertz CT molecular complexity index is 463. The molecule has 0 heterocycles. The molecule has 0 aliphatic carbocycles. The van der Waals surface area contributed by atoms with E-state index >= 15 is 0 Å². The number of benzene rings is 1. The number of ether oxygens (including phenoxy) is 1. The molecule has 4 heteroatoms. The van der Waals surface area contributed by atoms with Gasteiger partial charge in [0.05, 0.1) is 24.7 Å². The molecular formula is C13H14BrNO2. The minimum absolute atomic E-state index is 0.229. The summed E-state index contributed by atoms with van der Waals surface area (Å²) >= 11 is 3.37. The zero-order chi connectivity index (χ0) is 12.8. The first-order valence-electron chi connectivity index (χ1n) is 5.49. The standard InChI is InChI=1S/C13H14BrNO2/c1-3-9-5-10(7-13(16)17-4-2)12(14)6-11(9)8-15/h5-6H,3-4,7H2,1-2H3. The van der Waals surface area contributed by atoms with E-state index in [9.17, 15) is 4.79 Å². The zero-order valence-electron chi connectivity index (χ0n) is 9.92. The molecule has 0 saturated carbocycles. The molecule has 0 fully saturated rings. The highest BCUT2D eigenvalue weighted by Crippen LogP contribution is 2.23. The number of carbonyl (C=O) groups is 1. The molecule has 0 aliphatic heterocycles. The molecule has 0 bridgehead atoms. The fourth-order valence-corrected chi connectivity index (χ4v) is 2.05. The molecule has 0 spiro atoms. The van der Waals surface area contributed by atoms with Gasteiger partial charge in [-0.15, -0.1) is 0 Å². The Labute approximate surface area is 110 Å². The minimum atomic E-state index is -0.250. The van der Waals surface area contributed by atoms with Crippen LogP contribution < -0.4 is 0 Å². The number of halogens is 1. The fraction of sp³-hybridized carbons (Fsp3) is 0.385. The van der Waals surface area contributed by atoms with Gasteiger partial charge in [0, 0.05) is 4.47 Å². The van der Waals surface area contributed by atoms with Crippen LogP contribution in [0.2, 0.25) is 0 Å². The lowest BCUT2D eigenvalue weighted by Gasteiger charge is -2.08. The molecular weight excluding hydrogens is 282 g/mol. The summed E-state index contributed by atoms with van der Waals surface area (Å²) in [5, 5.41) is 8.97. The maximum atomic E-state index is 11.4. The Morgan fingerprint density at radius 2 is 2.12 bits per heavy atom. The lowest BCUT2D eigenvalue weighted by atomic mass is 10.0. The van der Waals surface area contributed by atoms with Crippen molar-refractivity contribution < 1.29 is 9.53 Å². The summed E-state index contributed by atoms with van der Waals surface area (Å²) in [7, 11) is 0. The summed E-state index contributed by atoms with van der Waals surface area (Å²) in [6.07, 6.45) is 0.999. The monoisotopic (exact) mass is 295 g/mol. The van der Waals surface area contributed by atoms with Gasteiger partial charge in [0.1, 0.15) is 0 Å². The van der Waals surface area contributed by atoms with Crippen molar-refractivity contribution in [1.82, 2.24) is 0 Å². The molecule has 0 atom stereocenters. The summed E-state index contributed by atoms with van der Waals surface area (Å²) in [5.74, 6) is -0.250. The van der Waals surface area contributed by atoms with E-state index in [1.807, 2.05) is 13.0 Å². The Morgan fingerprint density at radius 1 is 1.41 bits per heavy atom. The smallest absolute Gasteiger partial charge is 0.310 e. The van der Waals surface area contributed by atoms with Crippen LogP contribution in [0.25, 0.3) is 0 Å². The van der Waals surface area contributed by atoms with E-state index in [0.717, 1.165) is 22.0 Å². The van der Waals surface area contributed by atoms with E-state index in [-0.39, 0.29) is 12.4 Å². The maximum Gasteiger partial charge on any atom is 0.310 e. The molecule has 0 saturated heterocycles. The average Bonchev–Trinajstić information content (AvgIpc) is 2.31. The minimum Gasteiger partial charge on any atom is -0.466 e. The van der Waals surface area contributed by atoms with Gasteiger partial charge in [-0.3, -0.25) is 4.79 Å². The van der Waals surface area contributed by atoms with Crippen LogP contribution in [-0.2, 0) is 22.4 Å². The third-order valence-electron chi connectivity index (χ3n) is 2.41. The number of nitriles is 1. The third-order valence-corrected chi connectivity index (χ3v) is 3.15. The van der Waals surface area contributed by atoms with Crippen molar-refractivity contribution in [2.24, 2.45) is 0 Å². The molecule has 0 aromatic heterocycles. The second kappa shape index (κ2) is 6.41. The van der Waals surface area contributed by atoms with Crippen molar-refractivity contribution in [3.8, 4) is 6.07 Å². The SMILES string of the molecule is CCOC(=O)Cc1cc(CC)c(C#N)cc1Br. The van der Waals surface area contributed by atoms with E-state index in [2.05, 4.69) is 22.0 Å². The van der Waals surface area contributed by atoms with E-state index < -0.39 is 0 Å². The number of hydrogen-bond donors (Lipinski definition) is 0. The highest BCUT2D eigenvalue weighted by molar-refractivity contribution is 9.10. The van der Waals surface area contributed by atoms with Gasteiger partial charge in [-0.2, -0.15) is 5.26 Å². The summed E-state index contributed by atoms with van der Waals surface area (Å²) in [6.45, 7) is 4.15. The molecule has 0 unspecified atom stereocenters. The number of aryl methyl sites for hydroxylation is 1. The number of nitrogens with zero attached hydrogens (tertiary/aromatic N) is 1. The number of carbonyl (C=O) groups excluding carboxylic acids is 1. The van der Waals surface area contributed by atoms with Crippen LogP contribution in [0.3, 0.4) is 0 Å². The number of esters is 1. The topological polar surface area (TPSA) is 50.1 Å². The van der Waals surface area contributed by atoms with Crippen molar-refractivity contribution in [2.75, 3.05) is 6.61 Å². The predicted molar refractivity (Wildman–Crippen MR) is 68.6 cm³/mol. The average molecular weight is 296 g/mol. The first-order valence-corrected chi connectivity index (χ1v) is 6.28. The molecule has 1 aromatic rings. The van der Waals surface area contributed by atoms with Crippen LogP contribution in [0.5, 0.6) is 0 Å². The van der Waals surface area contributed by atoms with Crippen LogP contribution in [-0.4, -0.2) is 12.6 Å². The van der Waals surface area contributed by atoms with Crippen LogP contribution in [0.1, 0.15) is 30.5 Å². The Morgan fingerprint density at radius 3 is 2.65 bits per heavy atom. The molecule has 0 radical (unpaired) electrons. The highest BCUT2D eigenvalue weighted by atomic mass is 79.9. The van der Waals surface area contributed by atoms with Crippen LogP contribution >= 0.6 is 15.9 Å². The Hall–Kier alpha value is -1.34. The summed E-state index contributed by atoms with van der Waals surface area (Å²) in [4.78, 5) is 11.4. The second-order valence-corrected chi connectivity index (χ2v) is 4.40. The number of rotatable bonds is 4. The van der Waals surface area contributed by atoms with Crippen LogP contribution in [0.4, 0.5) is 0 Å². The zero-order valence-corrected chi connectivity index (χ0v) is 11.5.